The normalized spacial score (nSPS) is 13.2. The Morgan fingerprint density at radius 2 is 1.90 bits per heavy atom. The fourth-order valence-electron chi connectivity index (χ4n) is 1.93. The highest BCUT2D eigenvalue weighted by Gasteiger charge is 2.07. The third-order valence-electron chi connectivity index (χ3n) is 3.20. The maximum Gasteiger partial charge on any atom is 0.303 e. The number of ether oxygens (including phenoxy) is 1. The van der Waals surface area contributed by atoms with Crippen molar-refractivity contribution in [3.8, 4) is 11.8 Å². The maximum absolute atomic E-state index is 11.0. The van der Waals surface area contributed by atoms with Crippen LogP contribution < -0.4 is 0 Å². The van der Waals surface area contributed by atoms with Gasteiger partial charge in [-0.05, 0) is 32.1 Å². The number of aliphatic hydroxyl groups is 1. The van der Waals surface area contributed by atoms with Crippen molar-refractivity contribution >= 4 is 5.97 Å². The molecule has 0 aromatic carbocycles. The number of rotatable bonds is 10. The topological polar surface area (TPSA) is 46.5 Å². The van der Waals surface area contributed by atoms with E-state index in [1.807, 2.05) is 6.92 Å². The van der Waals surface area contributed by atoms with Crippen LogP contribution in [0, 0.1) is 11.8 Å². The van der Waals surface area contributed by atoms with Crippen LogP contribution in [0.2, 0.25) is 0 Å². The van der Waals surface area contributed by atoms with Gasteiger partial charge in [-0.25, -0.2) is 0 Å². The second-order valence-electron chi connectivity index (χ2n) is 5.22. The molecule has 1 N–H and O–H groups in total. The highest BCUT2D eigenvalue weighted by molar-refractivity contribution is 5.66. The third-order valence-corrected chi connectivity index (χ3v) is 3.20. The first-order valence-electron chi connectivity index (χ1n) is 7.93. The first-order valence-corrected chi connectivity index (χ1v) is 7.93. The molecule has 116 valence electrons. The molecule has 0 fully saturated rings. The fraction of sp³-hybridized carbons (Fsp3) is 0.824. The Bertz CT molecular complexity index is 301. The van der Waals surface area contributed by atoms with Crippen molar-refractivity contribution < 1.29 is 14.6 Å². The van der Waals surface area contributed by atoms with E-state index in [0.717, 1.165) is 38.5 Å². The van der Waals surface area contributed by atoms with Crippen LogP contribution in [0.1, 0.15) is 78.6 Å². The van der Waals surface area contributed by atoms with Gasteiger partial charge in [-0.1, -0.05) is 45.0 Å². The number of carbonyl (C=O) groups is 1. The van der Waals surface area contributed by atoms with Crippen LogP contribution in [-0.4, -0.2) is 23.3 Å². The lowest BCUT2D eigenvalue weighted by atomic mass is 10.1. The van der Waals surface area contributed by atoms with Crippen molar-refractivity contribution in [1.29, 1.82) is 0 Å². The summed E-state index contributed by atoms with van der Waals surface area (Å²) in [6, 6.07) is 0. The molecule has 0 saturated heterocycles. The van der Waals surface area contributed by atoms with Crippen LogP contribution in [-0.2, 0) is 9.53 Å². The molecule has 0 aliphatic heterocycles. The predicted octanol–water partition coefficient (Wildman–Crippen LogP) is 3.83. The van der Waals surface area contributed by atoms with Crippen molar-refractivity contribution in [3.63, 3.8) is 0 Å². The molecule has 0 aliphatic rings. The molecule has 0 aromatic heterocycles. The van der Waals surface area contributed by atoms with Crippen LogP contribution in [0.5, 0.6) is 0 Å². The van der Waals surface area contributed by atoms with Gasteiger partial charge in [0.2, 0.25) is 0 Å². The van der Waals surface area contributed by atoms with E-state index in [9.17, 15) is 9.90 Å². The zero-order valence-corrected chi connectivity index (χ0v) is 13.3. The highest BCUT2D eigenvalue weighted by Crippen LogP contribution is 2.09. The quantitative estimate of drug-likeness (QED) is 0.376. The molecule has 0 amide bonds. The Hall–Kier alpha value is -1.01. The molecular formula is C17H30O3. The summed E-state index contributed by atoms with van der Waals surface area (Å²) in [7, 11) is 0. The van der Waals surface area contributed by atoms with Crippen molar-refractivity contribution in [1.82, 2.24) is 0 Å². The van der Waals surface area contributed by atoms with Crippen LogP contribution >= 0.6 is 0 Å². The molecular weight excluding hydrogens is 252 g/mol. The van der Waals surface area contributed by atoms with Gasteiger partial charge < -0.3 is 9.84 Å². The first-order chi connectivity index (χ1) is 9.60. The molecule has 0 heterocycles. The average Bonchev–Trinajstić information content (AvgIpc) is 2.41. The molecule has 0 bridgehead atoms. The highest BCUT2D eigenvalue weighted by atomic mass is 16.5. The maximum atomic E-state index is 11.0. The Morgan fingerprint density at radius 3 is 2.50 bits per heavy atom. The van der Waals surface area contributed by atoms with Gasteiger partial charge in [0.05, 0.1) is 6.10 Å². The van der Waals surface area contributed by atoms with Crippen molar-refractivity contribution in [2.75, 3.05) is 0 Å². The number of unbranched alkanes of at least 4 members (excludes halogenated alkanes) is 4. The van der Waals surface area contributed by atoms with Gasteiger partial charge in [-0.3, -0.25) is 4.79 Å². The van der Waals surface area contributed by atoms with Gasteiger partial charge in [0.1, 0.15) is 0 Å². The van der Waals surface area contributed by atoms with Gasteiger partial charge in [0.15, 0.2) is 6.10 Å². The Morgan fingerprint density at radius 1 is 1.15 bits per heavy atom. The zero-order chi connectivity index (χ0) is 15.2. The van der Waals surface area contributed by atoms with E-state index in [1.54, 1.807) is 0 Å². The summed E-state index contributed by atoms with van der Waals surface area (Å²) in [6.45, 7) is 5.58. The lowest BCUT2D eigenvalue weighted by molar-refractivity contribution is -0.144. The van der Waals surface area contributed by atoms with E-state index in [0.29, 0.717) is 0 Å². The number of carbonyl (C=O) groups excluding carboxylic acids is 1. The smallest absolute Gasteiger partial charge is 0.303 e. The van der Waals surface area contributed by atoms with Crippen molar-refractivity contribution in [2.45, 2.75) is 90.8 Å². The zero-order valence-electron chi connectivity index (χ0n) is 13.3. The molecule has 0 radical (unpaired) electrons. The van der Waals surface area contributed by atoms with Gasteiger partial charge in [0.25, 0.3) is 0 Å². The van der Waals surface area contributed by atoms with E-state index in [4.69, 9.17) is 4.74 Å². The number of hydrogen-bond donors (Lipinski definition) is 1. The van der Waals surface area contributed by atoms with Gasteiger partial charge in [-0.2, -0.15) is 0 Å². The van der Waals surface area contributed by atoms with E-state index in [-0.39, 0.29) is 18.2 Å². The van der Waals surface area contributed by atoms with E-state index in [1.165, 1.54) is 26.2 Å². The standard InChI is InChI=1S/C17H30O3/c1-4-6-7-10-13-17(20-15(3)18)14-11-8-9-12-16(19)5-2/h16-17,19H,4-10,12-13H2,1-3H3. The minimum atomic E-state index is -0.263. The lowest BCUT2D eigenvalue weighted by Gasteiger charge is -2.10. The Kier molecular flexibility index (Phi) is 12.3. The van der Waals surface area contributed by atoms with Crippen molar-refractivity contribution in [2.24, 2.45) is 0 Å². The fourth-order valence-corrected chi connectivity index (χ4v) is 1.93. The number of esters is 1. The molecule has 0 rings (SSSR count). The van der Waals surface area contributed by atoms with Crippen LogP contribution in [0.15, 0.2) is 0 Å². The number of hydrogen-bond acceptors (Lipinski definition) is 3. The first kappa shape index (κ1) is 19.0. The van der Waals surface area contributed by atoms with Crippen LogP contribution in [0.3, 0.4) is 0 Å². The molecule has 3 nitrogen and oxygen atoms in total. The second-order valence-corrected chi connectivity index (χ2v) is 5.22. The predicted molar refractivity (Wildman–Crippen MR) is 82.2 cm³/mol. The summed E-state index contributed by atoms with van der Waals surface area (Å²) in [5, 5.41) is 9.43. The molecule has 2 atom stereocenters. The molecule has 0 saturated carbocycles. The molecule has 3 heteroatoms. The summed E-state index contributed by atoms with van der Waals surface area (Å²) >= 11 is 0. The summed E-state index contributed by atoms with van der Waals surface area (Å²) in [6.07, 6.45) is 8.21. The Balaban J connectivity index is 3.98. The van der Waals surface area contributed by atoms with Crippen LogP contribution in [0.25, 0.3) is 0 Å². The molecule has 20 heavy (non-hydrogen) atoms. The minimum Gasteiger partial charge on any atom is -0.449 e. The number of aliphatic hydroxyl groups excluding tert-OH is 1. The van der Waals surface area contributed by atoms with E-state index >= 15 is 0 Å². The van der Waals surface area contributed by atoms with Gasteiger partial charge in [0, 0.05) is 13.3 Å². The summed E-state index contributed by atoms with van der Waals surface area (Å²) in [5.74, 6) is 5.86. The second kappa shape index (κ2) is 13.0. The SMILES string of the molecule is CCCCCCC(C#CCCCC(O)CC)OC(C)=O. The molecule has 0 aromatic rings. The average molecular weight is 282 g/mol. The third kappa shape index (κ3) is 12.0. The van der Waals surface area contributed by atoms with Crippen molar-refractivity contribution in [3.05, 3.63) is 0 Å². The van der Waals surface area contributed by atoms with E-state index in [2.05, 4.69) is 18.8 Å². The summed E-state index contributed by atoms with van der Waals surface area (Å²) in [4.78, 5) is 11.0. The van der Waals surface area contributed by atoms with E-state index < -0.39 is 0 Å². The molecule has 0 spiro atoms. The molecule has 2 unspecified atom stereocenters. The van der Waals surface area contributed by atoms with Gasteiger partial charge in [-0.15, -0.1) is 0 Å². The minimum absolute atomic E-state index is 0.213. The van der Waals surface area contributed by atoms with Crippen LogP contribution in [0.4, 0.5) is 0 Å². The lowest BCUT2D eigenvalue weighted by Crippen LogP contribution is -2.14. The summed E-state index contributed by atoms with van der Waals surface area (Å²) in [5.41, 5.74) is 0. The molecule has 0 aliphatic carbocycles. The Labute approximate surface area is 124 Å². The summed E-state index contributed by atoms with van der Waals surface area (Å²) < 4.78 is 5.22. The monoisotopic (exact) mass is 282 g/mol. The largest absolute Gasteiger partial charge is 0.449 e. The van der Waals surface area contributed by atoms with Gasteiger partial charge >= 0.3 is 5.97 Å².